The van der Waals surface area contributed by atoms with Crippen LogP contribution < -0.4 is 0 Å². The third-order valence-corrected chi connectivity index (χ3v) is 3.51. The lowest BCUT2D eigenvalue weighted by atomic mass is 9.64. The molecule has 1 saturated carbocycles. The van der Waals surface area contributed by atoms with Gasteiger partial charge in [0.15, 0.2) is 0 Å². The number of nitriles is 1. The molecular formula is C11H19NO. The zero-order valence-corrected chi connectivity index (χ0v) is 8.75. The minimum absolute atomic E-state index is 0.250. The van der Waals surface area contributed by atoms with Gasteiger partial charge in [-0.25, -0.2) is 0 Å². The van der Waals surface area contributed by atoms with E-state index in [2.05, 4.69) is 13.0 Å². The number of hydrogen-bond donors (Lipinski definition) is 1. The van der Waals surface area contributed by atoms with E-state index in [1.807, 2.05) is 13.8 Å². The van der Waals surface area contributed by atoms with E-state index >= 15 is 0 Å². The molecule has 0 aromatic rings. The first kappa shape index (κ1) is 10.5. The smallest absolute Gasteiger partial charge is 0.0855 e. The normalized spacial score (nSPS) is 40.3. The van der Waals surface area contributed by atoms with Crippen LogP contribution >= 0.6 is 0 Å². The molecule has 0 saturated heterocycles. The quantitative estimate of drug-likeness (QED) is 0.674. The van der Waals surface area contributed by atoms with Crippen LogP contribution in [0.25, 0.3) is 0 Å². The van der Waals surface area contributed by atoms with Gasteiger partial charge < -0.3 is 5.11 Å². The van der Waals surface area contributed by atoms with Crippen LogP contribution in [-0.4, -0.2) is 11.2 Å². The van der Waals surface area contributed by atoms with Crippen molar-refractivity contribution in [3.05, 3.63) is 0 Å². The second-order valence-electron chi connectivity index (χ2n) is 4.70. The van der Waals surface area contributed by atoms with Crippen molar-refractivity contribution in [1.29, 1.82) is 5.26 Å². The van der Waals surface area contributed by atoms with Crippen LogP contribution in [-0.2, 0) is 0 Å². The lowest BCUT2D eigenvalue weighted by Crippen LogP contribution is -2.43. The molecular weight excluding hydrogens is 162 g/mol. The van der Waals surface area contributed by atoms with Crippen LogP contribution in [0.15, 0.2) is 0 Å². The van der Waals surface area contributed by atoms with Gasteiger partial charge in [-0.2, -0.15) is 5.26 Å². The summed E-state index contributed by atoms with van der Waals surface area (Å²) in [5.74, 6) is 0.815. The molecule has 1 aliphatic carbocycles. The number of aliphatic hydroxyl groups excluding tert-OH is 1. The Morgan fingerprint density at radius 3 is 2.54 bits per heavy atom. The molecule has 2 heteroatoms. The molecule has 0 aliphatic heterocycles. The summed E-state index contributed by atoms with van der Waals surface area (Å²) in [6.07, 6.45) is 2.28. The molecule has 0 bridgehead atoms. The van der Waals surface area contributed by atoms with E-state index < -0.39 is 11.5 Å². The lowest BCUT2D eigenvalue weighted by Gasteiger charge is -2.41. The van der Waals surface area contributed by atoms with E-state index in [9.17, 15) is 5.11 Å². The van der Waals surface area contributed by atoms with Crippen LogP contribution in [0, 0.1) is 28.6 Å². The first-order valence-corrected chi connectivity index (χ1v) is 5.12. The van der Waals surface area contributed by atoms with Crippen molar-refractivity contribution >= 4 is 0 Å². The van der Waals surface area contributed by atoms with Gasteiger partial charge in [-0.1, -0.05) is 20.8 Å². The molecule has 0 radical (unpaired) electrons. The SMILES string of the molecule is CC1CCC(C#N)(C(C)C)C(O)C1. The van der Waals surface area contributed by atoms with Crippen LogP contribution in [0.5, 0.6) is 0 Å². The molecule has 0 aromatic carbocycles. The topological polar surface area (TPSA) is 44.0 Å². The van der Waals surface area contributed by atoms with Crippen molar-refractivity contribution in [3.63, 3.8) is 0 Å². The van der Waals surface area contributed by atoms with Crippen LogP contribution in [0.2, 0.25) is 0 Å². The summed E-state index contributed by atoms with van der Waals surface area (Å²) < 4.78 is 0. The van der Waals surface area contributed by atoms with Gasteiger partial charge in [0.05, 0.1) is 17.6 Å². The lowest BCUT2D eigenvalue weighted by molar-refractivity contribution is -0.0196. The van der Waals surface area contributed by atoms with Crippen LogP contribution in [0.4, 0.5) is 0 Å². The maximum Gasteiger partial charge on any atom is 0.0855 e. The van der Waals surface area contributed by atoms with Gasteiger partial charge in [0.25, 0.3) is 0 Å². The van der Waals surface area contributed by atoms with E-state index in [1.165, 1.54) is 0 Å². The fourth-order valence-electron chi connectivity index (χ4n) is 2.29. The average Bonchev–Trinajstić information content (AvgIpc) is 2.04. The van der Waals surface area contributed by atoms with Gasteiger partial charge in [0.1, 0.15) is 0 Å². The van der Waals surface area contributed by atoms with Gasteiger partial charge in [-0.3, -0.25) is 0 Å². The highest BCUT2D eigenvalue weighted by molar-refractivity contribution is 5.07. The van der Waals surface area contributed by atoms with Crippen molar-refractivity contribution in [2.75, 3.05) is 0 Å². The largest absolute Gasteiger partial charge is 0.391 e. The molecule has 13 heavy (non-hydrogen) atoms. The number of rotatable bonds is 1. The Morgan fingerprint density at radius 2 is 2.15 bits per heavy atom. The summed E-state index contributed by atoms with van der Waals surface area (Å²) in [6, 6.07) is 2.34. The Bertz CT molecular complexity index is 219. The summed E-state index contributed by atoms with van der Waals surface area (Å²) in [5, 5.41) is 19.1. The van der Waals surface area contributed by atoms with E-state index in [1.54, 1.807) is 0 Å². The van der Waals surface area contributed by atoms with Crippen molar-refractivity contribution in [1.82, 2.24) is 0 Å². The fraction of sp³-hybridized carbons (Fsp3) is 0.909. The summed E-state index contributed by atoms with van der Waals surface area (Å²) in [4.78, 5) is 0. The highest BCUT2D eigenvalue weighted by atomic mass is 16.3. The Kier molecular flexibility index (Phi) is 2.98. The maximum atomic E-state index is 9.94. The molecule has 1 aliphatic rings. The summed E-state index contributed by atoms with van der Waals surface area (Å²) in [5.41, 5.74) is -0.480. The van der Waals surface area contributed by atoms with E-state index in [0.717, 1.165) is 19.3 Å². The zero-order valence-electron chi connectivity index (χ0n) is 8.75. The van der Waals surface area contributed by atoms with Gasteiger partial charge >= 0.3 is 0 Å². The predicted octanol–water partition coefficient (Wildman–Crippen LogP) is 2.33. The maximum absolute atomic E-state index is 9.94. The molecule has 2 nitrogen and oxygen atoms in total. The molecule has 1 fully saturated rings. The predicted molar refractivity (Wildman–Crippen MR) is 51.9 cm³/mol. The highest BCUT2D eigenvalue weighted by Gasteiger charge is 2.44. The van der Waals surface area contributed by atoms with E-state index in [-0.39, 0.29) is 5.92 Å². The third-order valence-electron chi connectivity index (χ3n) is 3.51. The van der Waals surface area contributed by atoms with Gasteiger partial charge in [-0.15, -0.1) is 0 Å². The third kappa shape index (κ3) is 1.71. The second-order valence-corrected chi connectivity index (χ2v) is 4.70. The zero-order chi connectivity index (χ0) is 10.1. The summed E-state index contributed by atoms with van der Waals surface area (Å²) >= 11 is 0. The highest BCUT2D eigenvalue weighted by Crippen LogP contribution is 2.43. The number of nitrogens with zero attached hydrogens (tertiary/aromatic N) is 1. The summed E-state index contributed by atoms with van der Waals surface area (Å²) in [6.45, 7) is 6.20. The number of aliphatic hydroxyl groups is 1. The van der Waals surface area contributed by atoms with Crippen molar-refractivity contribution < 1.29 is 5.11 Å². The first-order valence-electron chi connectivity index (χ1n) is 5.12. The van der Waals surface area contributed by atoms with Crippen molar-refractivity contribution in [2.45, 2.75) is 46.1 Å². The van der Waals surface area contributed by atoms with Gasteiger partial charge in [0, 0.05) is 0 Å². The van der Waals surface area contributed by atoms with Crippen molar-refractivity contribution in [3.8, 4) is 6.07 Å². The fourth-order valence-corrected chi connectivity index (χ4v) is 2.29. The molecule has 0 heterocycles. The molecule has 3 atom stereocenters. The minimum Gasteiger partial charge on any atom is -0.391 e. The minimum atomic E-state index is -0.480. The second kappa shape index (κ2) is 3.67. The monoisotopic (exact) mass is 181 g/mol. The molecule has 0 spiro atoms. The Morgan fingerprint density at radius 1 is 1.54 bits per heavy atom. The Hall–Kier alpha value is -0.550. The van der Waals surface area contributed by atoms with Gasteiger partial charge in [0.2, 0.25) is 0 Å². The van der Waals surface area contributed by atoms with Crippen LogP contribution in [0.3, 0.4) is 0 Å². The molecule has 3 unspecified atom stereocenters. The molecule has 0 aromatic heterocycles. The van der Waals surface area contributed by atoms with E-state index in [0.29, 0.717) is 5.92 Å². The average molecular weight is 181 g/mol. The number of hydrogen-bond acceptors (Lipinski definition) is 2. The van der Waals surface area contributed by atoms with E-state index in [4.69, 9.17) is 5.26 Å². The Balaban J connectivity index is 2.83. The summed E-state index contributed by atoms with van der Waals surface area (Å²) in [7, 11) is 0. The first-order chi connectivity index (χ1) is 6.03. The Labute approximate surface area is 80.6 Å². The molecule has 0 amide bonds. The van der Waals surface area contributed by atoms with Crippen LogP contribution in [0.1, 0.15) is 40.0 Å². The molecule has 1 rings (SSSR count). The van der Waals surface area contributed by atoms with Crippen molar-refractivity contribution in [2.24, 2.45) is 17.3 Å². The molecule has 1 N–H and O–H groups in total. The van der Waals surface area contributed by atoms with Gasteiger partial charge in [-0.05, 0) is 31.1 Å². The molecule has 74 valence electrons. The standard InChI is InChI=1S/C11H19NO/c1-8(2)11(7-12)5-4-9(3)6-10(11)13/h8-10,13H,4-6H2,1-3H3.